The molecule has 116 valence electrons. The van der Waals surface area contributed by atoms with E-state index in [1.165, 1.54) is 4.90 Å². The van der Waals surface area contributed by atoms with E-state index in [9.17, 15) is 9.59 Å². The summed E-state index contributed by atoms with van der Waals surface area (Å²) in [6.45, 7) is 6.67. The van der Waals surface area contributed by atoms with E-state index in [1.807, 2.05) is 13.8 Å². The minimum atomic E-state index is -0.975. The van der Waals surface area contributed by atoms with E-state index in [0.29, 0.717) is 6.04 Å². The Balaban J connectivity index is 2.59. The number of carboxylic acid groups (broad SMARTS) is 1. The van der Waals surface area contributed by atoms with Gasteiger partial charge in [-0.2, -0.15) is 0 Å². The highest BCUT2D eigenvalue weighted by atomic mass is 16.4. The van der Waals surface area contributed by atoms with Crippen molar-refractivity contribution in [1.29, 1.82) is 0 Å². The smallest absolute Gasteiger partial charge is 0.323 e. The number of nitrogens with zero attached hydrogens (tertiary/aromatic N) is 2. The molecule has 0 bridgehead atoms. The summed E-state index contributed by atoms with van der Waals surface area (Å²) in [5.41, 5.74) is 0. The maximum Gasteiger partial charge on any atom is 0.323 e. The standard InChI is InChI=1S/C14H27N3O3/c1-5-10(2)17(9-13(18)19)14(20)15-12-6-7-16(4)11(3)8-12/h10-12H,5-9H2,1-4H3,(H,15,20)(H,18,19). The lowest BCUT2D eigenvalue weighted by molar-refractivity contribution is -0.138. The Labute approximate surface area is 121 Å². The van der Waals surface area contributed by atoms with E-state index in [0.717, 1.165) is 25.8 Å². The highest BCUT2D eigenvalue weighted by Gasteiger charge is 2.27. The molecule has 0 saturated carbocycles. The molecule has 6 nitrogen and oxygen atoms in total. The summed E-state index contributed by atoms with van der Waals surface area (Å²) in [7, 11) is 2.08. The molecule has 1 aliphatic heterocycles. The maximum atomic E-state index is 12.3. The van der Waals surface area contributed by atoms with Crippen LogP contribution in [0.5, 0.6) is 0 Å². The van der Waals surface area contributed by atoms with Gasteiger partial charge in [0.05, 0.1) is 0 Å². The third-order valence-corrected chi connectivity index (χ3v) is 4.23. The van der Waals surface area contributed by atoms with Gasteiger partial charge >= 0.3 is 12.0 Å². The summed E-state index contributed by atoms with van der Waals surface area (Å²) < 4.78 is 0. The van der Waals surface area contributed by atoms with Gasteiger partial charge in [-0.3, -0.25) is 4.79 Å². The second-order valence-electron chi connectivity index (χ2n) is 5.78. The first-order chi connectivity index (χ1) is 9.35. The van der Waals surface area contributed by atoms with E-state index in [4.69, 9.17) is 5.11 Å². The summed E-state index contributed by atoms with van der Waals surface area (Å²) in [5, 5.41) is 11.9. The molecule has 1 rings (SSSR count). The van der Waals surface area contributed by atoms with Crippen LogP contribution in [0.3, 0.4) is 0 Å². The lowest BCUT2D eigenvalue weighted by Gasteiger charge is -2.37. The number of carboxylic acids is 1. The Morgan fingerprint density at radius 1 is 1.50 bits per heavy atom. The summed E-state index contributed by atoms with van der Waals surface area (Å²) >= 11 is 0. The molecule has 3 atom stereocenters. The quantitative estimate of drug-likeness (QED) is 0.800. The van der Waals surface area contributed by atoms with Gasteiger partial charge < -0.3 is 20.2 Å². The largest absolute Gasteiger partial charge is 0.480 e. The van der Waals surface area contributed by atoms with Crippen molar-refractivity contribution in [3.8, 4) is 0 Å². The fourth-order valence-corrected chi connectivity index (χ4v) is 2.47. The number of urea groups is 1. The van der Waals surface area contributed by atoms with Crippen LogP contribution in [0, 0.1) is 0 Å². The molecule has 2 N–H and O–H groups in total. The van der Waals surface area contributed by atoms with Crippen LogP contribution in [-0.2, 0) is 4.79 Å². The van der Waals surface area contributed by atoms with Gasteiger partial charge in [-0.05, 0) is 40.2 Å². The van der Waals surface area contributed by atoms with Crippen molar-refractivity contribution < 1.29 is 14.7 Å². The summed E-state index contributed by atoms with van der Waals surface area (Å²) in [5.74, 6) is -0.975. The highest BCUT2D eigenvalue weighted by Crippen LogP contribution is 2.16. The predicted molar refractivity (Wildman–Crippen MR) is 77.7 cm³/mol. The Kier molecular flexibility index (Phi) is 6.26. The Morgan fingerprint density at radius 2 is 2.15 bits per heavy atom. The topological polar surface area (TPSA) is 72.9 Å². The van der Waals surface area contributed by atoms with Gasteiger partial charge in [0.15, 0.2) is 0 Å². The fraction of sp³-hybridized carbons (Fsp3) is 0.857. The molecule has 1 aliphatic rings. The second kappa shape index (κ2) is 7.47. The maximum absolute atomic E-state index is 12.3. The Morgan fingerprint density at radius 3 is 2.65 bits per heavy atom. The van der Waals surface area contributed by atoms with Crippen molar-refractivity contribution in [2.75, 3.05) is 20.1 Å². The van der Waals surface area contributed by atoms with Crippen molar-refractivity contribution in [3.05, 3.63) is 0 Å². The van der Waals surface area contributed by atoms with Crippen molar-refractivity contribution in [2.45, 2.75) is 58.2 Å². The van der Waals surface area contributed by atoms with Crippen molar-refractivity contribution in [2.24, 2.45) is 0 Å². The minimum Gasteiger partial charge on any atom is -0.480 e. The first kappa shape index (κ1) is 16.8. The van der Waals surface area contributed by atoms with Crippen LogP contribution in [0.4, 0.5) is 4.79 Å². The molecular formula is C14H27N3O3. The molecule has 3 unspecified atom stereocenters. The zero-order valence-corrected chi connectivity index (χ0v) is 12.9. The van der Waals surface area contributed by atoms with E-state index in [1.54, 1.807) is 0 Å². The minimum absolute atomic E-state index is 0.0743. The van der Waals surface area contributed by atoms with Crippen LogP contribution < -0.4 is 5.32 Å². The molecule has 1 fully saturated rings. The summed E-state index contributed by atoms with van der Waals surface area (Å²) in [6.07, 6.45) is 2.56. The third-order valence-electron chi connectivity index (χ3n) is 4.23. The van der Waals surface area contributed by atoms with Gasteiger partial charge in [-0.1, -0.05) is 6.92 Å². The molecule has 0 aromatic rings. The summed E-state index contributed by atoms with van der Waals surface area (Å²) in [6, 6.07) is 0.234. The number of likely N-dealkylation sites (tertiary alicyclic amines) is 1. The van der Waals surface area contributed by atoms with E-state index in [2.05, 4.69) is 24.2 Å². The molecule has 0 spiro atoms. The second-order valence-corrected chi connectivity index (χ2v) is 5.78. The first-order valence-corrected chi connectivity index (χ1v) is 7.34. The van der Waals surface area contributed by atoms with Gasteiger partial charge in [0.2, 0.25) is 0 Å². The van der Waals surface area contributed by atoms with E-state index >= 15 is 0 Å². The molecule has 20 heavy (non-hydrogen) atoms. The number of piperidine rings is 1. The van der Waals surface area contributed by atoms with Crippen molar-refractivity contribution >= 4 is 12.0 Å². The lowest BCUT2D eigenvalue weighted by Crippen LogP contribution is -2.53. The van der Waals surface area contributed by atoms with Crippen LogP contribution in [0.15, 0.2) is 0 Å². The number of carbonyl (C=O) groups excluding carboxylic acids is 1. The molecular weight excluding hydrogens is 258 g/mol. The number of hydrogen-bond acceptors (Lipinski definition) is 3. The van der Waals surface area contributed by atoms with Crippen LogP contribution in [0.2, 0.25) is 0 Å². The van der Waals surface area contributed by atoms with Crippen molar-refractivity contribution in [3.63, 3.8) is 0 Å². The van der Waals surface area contributed by atoms with Gasteiger partial charge in [0, 0.05) is 24.7 Å². The van der Waals surface area contributed by atoms with Gasteiger partial charge in [-0.25, -0.2) is 4.79 Å². The molecule has 1 heterocycles. The third kappa shape index (κ3) is 4.67. The first-order valence-electron chi connectivity index (χ1n) is 7.34. The van der Waals surface area contributed by atoms with E-state index in [-0.39, 0.29) is 24.7 Å². The molecule has 0 aromatic carbocycles. The Bertz CT molecular complexity index is 349. The highest BCUT2D eigenvalue weighted by molar-refractivity contribution is 5.80. The number of amides is 2. The molecule has 6 heteroatoms. The van der Waals surface area contributed by atoms with Crippen LogP contribution in [0.1, 0.15) is 40.0 Å². The number of nitrogens with one attached hydrogen (secondary N) is 1. The number of rotatable bonds is 5. The molecule has 1 saturated heterocycles. The van der Waals surface area contributed by atoms with Gasteiger partial charge in [0.1, 0.15) is 6.54 Å². The average Bonchev–Trinajstić information content (AvgIpc) is 2.39. The molecule has 2 amide bonds. The molecule has 0 aliphatic carbocycles. The van der Waals surface area contributed by atoms with Crippen LogP contribution >= 0.6 is 0 Å². The lowest BCUT2D eigenvalue weighted by atomic mass is 9.99. The van der Waals surface area contributed by atoms with Gasteiger partial charge in [-0.15, -0.1) is 0 Å². The zero-order chi connectivity index (χ0) is 15.3. The van der Waals surface area contributed by atoms with Crippen molar-refractivity contribution in [1.82, 2.24) is 15.1 Å². The monoisotopic (exact) mass is 285 g/mol. The van der Waals surface area contributed by atoms with Crippen LogP contribution in [0.25, 0.3) is 0 Å². The van der Waals surface area contributed by atoms with E-state index < -0.39 is 5.97 Å². The fourth-order valence-electron chi connectivity index (χ4n) is 2.47. The molecule has 0 aromatic heterocycles. The SMILES string of the molecule is CCC(C)N(CC(=O)O)C(=O)NC1CCN(C)C(C)C1. The Hall–Kier alpha value is -1.30. The number of hydrogen-bond donors (Lipinski definition) is 2. The number of aliphatic carboxylic acids is 1. The normalized spacial score (nSPS) is 25.0. The zero-order valence-electron chi connectivity index (χ0n) is 12.9. The predicted octanol–water partition coefficient (Wildman–Crippen LogP) is 1.36. The number of carbonyl (C=O) groups is 2. The van der Waals surface area contributed by atoms with Gasteiger partial charge in [0.25, 0.3) is 0 Å². The average molecular weight is 285 g/mol. The van der Waals surface area contributed by atoms with Crippen LogP contribution in [-0.4, -0.2) is 65.2 Å². The summed E-state index contributed by atoms with van der Waals surface area (Å²) in [4.78, 5) is 26.8. The molecule has 0 radical (unpaired) electrons.